The Morgan fingerprint density at radius 2 is 1.11 bits per heavy atom. The van der Waals surface area contributed by atoms with Crippen LogP contribution < -0.4 is 4.90 Å². The van der Waals surface area contributed by atoms with E-state index in [1.54, 1.807) is 0 Å². The van der Waals surface area contributed by atoms with Gasteiger partial charge in [0.05, 0.1) is 12.0 Å². The summed E-state index contributed by atoms with van der Waals surface area (Å²) in [6.07, 6.45) is 11.1. The minimum Gasteiger partial charge on any atom is -0.371 e. The summed E-state index contributed by atoms with van der Waals surface area (Å²) in [6, 6.07) is 43.0. The molecule has 0 unspecified atom stereocenters. The van der Waals surface area contributed by atoms with Gasteiger partial charge in [0, 0.05) is 25.0 Å². The molecule has 0 aliphatic carbocycles. The van der Waals surface area contributed by atoms with E-state index in [4.69, 9.17) is 4.98 Å². The molecular weight excluding hydrogens is 462 g/mol. The zero-order valence-corrected chi connectivity index (χ0v) is 21.6. The number of para-hydroxylation sites is 1. The van der Waals surface area contributed by atoms with E-state index in [0.717, 1.165) is 31.6 Å². The summed E-state index contributed by atoms with van der Waals surface area (Å²) in [6.45, 7) is 2.18. The van der Waals surface area contributed by atoms with Crippen LogP contribution in [0.15, 0.2) is 140 Å². The molecule has 0 N–H and O–H groups in total. The summed E-state index contributed by atoms with van der Waals surface area (Å²) >= 11 is 0. The highest BCUT2D eigenvalue weighted by Crippen LogP contribution is 2.40. The van der Waals surface area contributed by atoms with Crippen LogP contribution in [0, 0.1) is 5.92 Å². The third kappa shape index (κ3) is 4.68. The number of hydrogen-bond acceptors (Lipinski definition) is 2. The first-order chi connectivity index (χ1) is 18.8. The molecule has 1 aromatic heterocycles. The first-order valence-electron chi connectivity index (χ1n) is 13.5. The predicted octanol–water partition coefficient (Wildman–Crippen LogP) is 7.65. The highest BCUT2D eigenvalue weighted by Gasteiger charge is 2.38. The number of hydrogen-bond donors (Lipinski definition) is 0. The number of nitrogens with zero attached hydrogens (tertiary/aromatic N) is 3. The predicted molar refractivity (Wildman–Crippen MR) is 157 cm³/mol. The van der Waals surface area contributed by atoms with Gasteiger partial charge < -0.3 is 9.47 Å². The first kappa shape index (κ1) is 24.0. The van der Waals surface area contributed by atoms with E-state index in [2.05, 4.69) is 149 Å². The summed E-state index contributed by atoms with van der Waals surface area (Å²) in [7, 11) is 0. The number of allylic oxidation sites excluding steroid dienone is 1. The summed E-state index contributed by atoms with van der Waals surface area (Å²) in [5.41, 5.74) is 5.41. The van der Waals surface area contributed by atoms with Gasteiger partial charge in [-0.05, 0) is 53.7 Å². The Kier molecular flexibility index (Phi) is 6.91. The SMILES string of the molecule is C(=CC1CCN(c2ccccc2)CC1)c1cn(C(c2ccccc2)(c2ccccc2)c2ccccc2)cn1. The van der Waals surface area contributed by atoms with Crippen molar-refractivity contribution < 1.29 is 0 Å². The molecule has 0 atom stereocenters. The second-order valence-corrected chi connectivity index (χ2v) is 10.0. The molecule has 4 aromatic carbocycles. The summed E-state index contributed by atoms with van der Waals surface area (Å²) in [5, 5.41) is 0. The van der Waals surface area contributed by atoms with Crippen molar-refractivity contribution in [3.63, 3.8) is 0 Å². The van der Waals surface area contributed by atoms with Crippen molar-refractivity contribution in [1.29, 1.82) is 0 Å². The van der Waals surface area contributed by atoms with Crippen molar-refractivity contribution in [3.8, 4) is 0 Å². The monoisotopic (exact) mass is 495 g/mol. The fraction of sp³-hybridized carbons (Fsp3) is 0.171. The van der Waals surface area contributed by atoms with Gasteiger partial charge in [-0.15, -0.1) is 0 Å². The zero-order valence-electron chi connectivity index (χ0n) is 21.6. The minimum absolute atomic E-state index is 0.524. The van der Waals surface area contributed by atoms with Crippen LogP contribution in [-0.2, 0) is 5.54 Å². The summed E-state index contributed by atoms with van der Waals surface area (Å²) < 4.78 is 2.28. The second-order valence-electron chi connectivity index (χ2n) is 10.0. The van der Waals surface area contributed by atoms with Crippen LogP contribution in [0.5, 0.6) is 0 Å². The molecule has 3 heteroatoms. The first-order valence-corrected chi connectivity index (χ1v) is 13.5. The van der Waals surface area contributed by atoms with Gasteiger partial charge in [0.15, 0.2) is 0 Å². The van der Waals surface area contributed by atoms with Gasteiger partial charge in [-0.25, -0.2) is 4.98 Å². The molecule has 0 bridgehead atoms. The number of anilines is 1. The van der Waals surface area contributed by atoms with Crippen molar-refractivity contribution in [2.45, 2.75) is 18.4 Å². The Morgan fingerprint density at radius 3 is 1.61 bits per heavy atom. The second kappa shape index (κ2) is 10.9. The van der Waals surface area contributed by atoms with Crippen LogP contribution in [-0.4, -0.2) is 22.6 Å². The molecule has 0 spiro atoms. The van der Waals surface area contributed by atoms with E-state index in [-0.39, 0.29) is 0 Å². The lowest BCUT2D eigenvalue weighted by atomic mass is 9.77. The topological polar surface area (TPSA) is 21.1 Å². The van der Waals surface area contributed by atoms with Crippen molar-refractivity contribution in [2.75, 3.05) is 18.0 Å². The smallest absolute Gasteiger partial charge is 0.121 e. The molecule has 1 fully saturated rings. The van der Waals surface area contributed by atoms with Crippen molar-refractivity contribution in [1.82, 2.24) is 9.55 Å². The van der Waals surface area contributed by atoms with Gasteiger partial charge in [0.2, 0.25) is 0 Å². The molecule has 38 heavy (non-hydrogen) atoms. The van der Waals surface area contributed by atoms with Crippen molar-refractivity contribution in [3.05, 3.63) is 162 Å². The molecule has 1 aliphatic rings. The fourth-order valence-electron chi connectivity index (χ4n) is 5.82. The highest BCUT2D eigenvalue weighted by atomic mass is 15.1. The number of rotatable bonds is 7. The molecule has 1 saturated heterocycles. The number of imidazole rings is 1. The number of benzene rings is 4. The fourth-order valence-corrected chi connectivity index (χ4v) is 5.82. The molecular formula is C35H33N3. The third-order valence-corrected chi connectivity index (χ3v) is 7.76. The highest BCUT2D eigenvalue weighted by molar-refractivity contribution is 5.52. The van der Waals surface area contributed by atoms with Gasteiger partial charge >= 0.3 is 0 Å². The van der Waals surface area contributed by atoms with Gasteiger partial charge in [-0.2, -0.15) is 0 Å². The molecule has 3 nitrogen and oxygen atoms in total. The molecule has 5 aromatic rings. The van der Waals surface area contributed by atoms with Crippen LogP contribution in [0.2, 0.25) is 0 Å². The van der Waals surface area contributed by atoms with Crippen LogP contribution in [0.25, 0.3) is 6.08 Å². The van der Waals surface area contributed by atoms with E-state index in [0.29, 0.717) is 5.92 Å². The normalized spacial score (nSPS) is 14.7. The average molecular weight is 496 g/mol. The van der Waals surface area contributed by atoms with Gasteiger partial charge in [0.25, 0.3) is 0 Å². The van der Waals surface area contributed by atoms with Gasteiger partial charge in [-0.3, -0.25) is 0 Å². The summed E-state index contributed by atoms with van der Waals surface area (Å²) in [5.74, 6) is 0.572. The molecule has 1 aliphatic heterocycles. The zero-order chi connectivity index (χ0) is 25.6. The van der Waals surface area contributed by atoms with E-state index in [1.165, 1.54) is 22.4 Å². The molecule has 2 heterocycles. The van der Waals surface area contributed by atoms with Crippen LogP contribution >= 0.6 is 0 Å². The van der Waals surface area contributed by atoms with Crippen LogP contribution in [0.4, 0.5) is 5.69 Å². The summed E-state index contributed by atoms with van der Waals surface area (Å²) in [4.78, 5) is 7.36. The van der Waals surface area contributed by atoms with Gasteiger partial charge in [-0.1, -0.05) is 115 Å². The van der Waals surface area contributed by atoms with E-state index >= 15 is 0 Å². The minimum atomic E-state index is -0.524. The van der Waals surface area contributed by atoms with Crippen molar-refractivity contribution in [2.24, 2.45) is 5.92 Å². The van der Waals surface area contributed by atoms with Crippen LogP contribution in [0.3, 0.4) is 0 Å². The maximum absolute atomic E-state index is 4.87. The molecule has 0 radical (unpaired) electrons. The Balaban J connectivity index is 1.32. The third-order valence-electron chi connectivity index (χ3n) is 7.76. The van der Waals surface area contributed by atoms with E-state index in [9.17, 15) is 0 Å². The number of aromatic nitrogens is 2. The average Bonchev–Trinajstić information content (AvgIpc) is 3.48. The lowest BCUT2D eigenvalue weighted by Gasteiger charge is -2.37. The Morgan fingerprint density at radius 1 is 0.632 bits per heavy atom. The molecule has 188 valence electrons. The quantitative estimate of drug-likeness (QED) is 0.216. The standard InChI is InChI=1S/C35H33N3/c1-5-13-30(14-6-1)35(31-15-7-2-8-16-31,32-17-9-3-10-18-32)38-27-33(36-28-38)22-21-29-23-25-37(26-24-29)34-19-11-4-12-20-34/h1-22,27-29H,23-26H2. The lowest BCUT2D eigenvalue weighted by molar-refractivity contribution is 0.480. The lowest BCUT2D eigenvalue weighted by Crippen LogP contribution is -2.36. The Bertz CT molecular complexity index is 1350. The molecule has 0 saturated carbocycles. The molecule has 6 rings (SSSR count). The number of piperidine rings is 1. The largest absolute Gasteiger partial charge is 0.371 e. The Hall–Kier alpha value is -4.37. The van der Waals surface area contributed by atoms with Gasteiger partial charge in [0.1, 0.15) is 5.54 Å². The van der Waals surface area contributed by atoms with Crippen LogP contribution in [0.1, 0.15) is 35.2 Å². The van der Waals surface area contributed by atoms with E-state index < -0.39 is 5.54 Å². The maximum atomic E-state index is 4.87. The van der Waals surface area contributed by atoms with E-state index in [1.807, 2.05) is 6.33 Å². The molecule has 0 amide bonds. The van der Waals surface area contributed by atoms with Crippen molar-refractivity contribution >= 4 is 11.8 Å². The maximum Gasteiger partial charge on any atom is 0.121 e. The Labute approximate surface area is 225 Å².